The summed E-state index contributed by atoms with van der Waals surface area (Å²) >= 11 is 0. The van der Waals surface area contributed by atoms with Gasteiger partial charge in [-0.05, 0) is 12.8 Å². The van der Waals surface area contributed by atoms with E-state index < -0.39 is 18.0 Å². The van der Waals surface area contributed by atoms with E-state index in [1.54, 1.807) is 24.9 Å². The van der Waals surface area contributed by atoms with E-state index in [9.17, 15) is 9.90 Å². The Labute approximate surface area is 94.7 Å². The molecule has 5 nitrogen and oxygen atoms in total. The number of aliphatic carboxylic acids is 1. The number of aromatic nitrogens is 2. The van der Waals surface area contributed by atoms with Gasteiger partial charge in [0.05, 0.1) is 17.7 Å². The van der Waals surface area contributed by atoms with E-state index in [1.807, 2.05) is 6.92 Å². The lowest BCUT2D eigenvalue weighted by Gasteiger charge is -2.12. The fraction of sp³-hybridized carbons (Fsp3) is 0.636. The summed E-state index contributed by atoms with van der Waals surface area (Å²) in [6, 6.07) is 0. The van der Waals surface area contributed by atoms with Crippen LogP contribution in [0.25, 0.3) is 0 Å². The summed E-state index contributed by atoms with van der Waals surface area (Å²) in [5.41, 5.74) is 1.56. The predicted octanol–water partition coefficient (Wildman–Crippen LogP) is 1.13. The normalized spacial score (nSPS) is 14.8. The minimum atomic E-state index is -0.888. The number of carboxylic acid groups (broad SMARTS) is 1. The Morgan fingerprint density at radius 1 is 1.62 bits per heavy atom. The molecule has 1 aromatic heterocycles. The molecule has 2 unspecified atom stereocenters. The summed E-state index contributed by atoms with van der Waals surface area (Å²) in [6.07, 6.45) is 1.94. The third kappa shape index (κ3) is 2.82. The number of carboxylic acids is 1. The first kappa shape index (κ1) is 12.7. The number of rotatable bonds is 5. The molecular formula is C11H18N2O3. The van der Waals surface area contributed by atoms with Crippen molar-refractivity contribution in [1.29, 1.82) is 0 Å². The van der Waals surface area contributed by atoms with Crippen LogP contribution in [0, 0.1) is 5.92 Å². The van der Waals surface area contributed by atoms with Crippen LogP contribution >= 0.6 is 0 Å². The first-order chi connectivity index (χ1) is 7.45. The maximum absolute atomic E-state index is 10.7. The number of aliphatic hydroxyl groups is 1. The van der Waals surface area contributed by atoms with Gasteiger partial charge in [0.2, 0.25) is 0 Å². The Morgan fingerprint density at radius 3 is 2.75 bits per heavy atom. The third-order valence-corrected chi connectivity index (χ3v) is 2.63. The molecule has 0 saturated carbocycles. The second kappa shape index (κ2) is 5.12. The molecule has 1 heterocycles. The fourth-order valence-corrected chi connectivity index (χ4v) is 1.67. The molecule has 16 heavy (non-hydrogen) atoms. The zero-order valence-corrected chi connectivity index (χ0v) is 9.84. The third-order valence-electron chi connectivity index (χ3n) is 2.63. The molecule has 0 aliphatic rings. The Morgan fingerprint density at radius 2 is 2.25 bits per heavy atom. The molecule has 0 bridgehead atoms. The van der Waals surface area contributed by atoms with Gasteiger partial charge in [-0.15, -0.1) is 0 Å². The summed E-state index contributed by atoms with van der Waals surface area (Å²) in [5.74, 6) is -1.44. The van der Waals surface area contributed by atoms with Crippen molar-refractivity contribution in [1.82, 2.24) is 9.78 Å². The minimum absolute atomic E-state index is 0.216. The lowest BCUT2D eigenvalue weighted by molar-refractivity contribution is -0.142. The minimum Gasteiger partial charge on any atom is -0.481 e. The topological polar surface area (TPSA) is 75.3 Å². The van der Waals surface area contributed by atoms with Crippen LogP contribution in [-0.4, -0.2) is 26.0 Å². The highest BCUT2D eigenvalue weighted by Gasteiger charge is 2.21. The highest BCUT2D eigenvalue weighted by molar-refractivity contribution is 5.69. The summed E-state index contributed by atoms with van der Waals surface area (Å²) in [4.78, 5) is 10.7. The molecule has 0 spiro atoms. The van der Waals surface area contributed by atoms with Crippen LogP contribution in [0.15, 0.2) is 6.20 Å². The molecule has 1 rings (SSSR count). The molecule has 5 heteroatoms. The Kier molecular flexibility index (Phi) is 4.06. The average Bonchev–Trinajstić information content (AvgIpc) is 2.59. The maximum Gasteiger partial charge on any atom is 0.306 e. The van der Waals surface area contributed by atoms with Crippen LogP contribution < -0.4 is 0 Å². The Balaban J connectivity index is 2.79. The maximum atomic E-state index is 10.7. The quantitative estimate of drug-likeness (QED) is 0.789. The van der Waals surface area contributed by atoms with Gasteiger partial charge in [-0.3, -0.25) is 9.48 Å². The van der Waals surface area contributed by atoms with Gasteiger partial charge in [0.15, 0.2) is 0 Å². The van der Waals surface area contributed by atoms with Crippen molar-refractivity contribution in [3.8, 4) is 0 Å². The van der Waals surface area contributed by atoms with Crippen molar-refractivity contribution < 1.29 is 15.0 Å². The van der Waals surface area contributed by atoms with Crippen LogP contribution in [0.1, 0.15) is 37.6 Å². The highest BCUT2D eigenvalue weighted by Crippen LogP contribution is 2.24. The molecule has 1 aromatic rings. The number of carbonyl (C=O) groups is 1. The summed E-state index contributed by atoms with van der Waals surface area (Å²) in [5, 5.41) is 22.9. The van der Waals surface area contributed by atoms with Crippen molar-refractivity contribution >= 4 is 5.97 Å². The van der Waals surface area contributed by atoms with Gasteiger partial charge in [0.25, 0.3) is 0 Å². The first-order valence-corrected chi connectivity index (χ1v) is 5.39. The second-order valence-corrected chi connectivity index (χ2v) is 4.05. The molecule has 0 aromatic carbocycles. The molecule has 0 aliphatic carbocycles. The molecule has 0 aliphatic heterocycles. The number of aliphatic hydroxyl groups excluding tert-OH is 1. The molecule has 2 atom stereocenters. The van der Waals surface area contributed by atoms with Crippen LogP contribution in [0.3, 0.4) is 0 Å². The van der Waals surface area contributed by atoms with Crippen LogP contribution in [0.5, 0.6) is 0 Å². The first-order valence-electron chi connectivity index (χ1n) is 5.39. The van der Waals surface area contributed by atoms with E-state index >= 15 is 0 Å². The number of hydrogen-bond acceptors (Lipinski definition) is 3. The predicted molar refractivity (Wildman–Crippen MR) is 59.0 cm³/mol. The van der Waals surface area contributed by atoms with Crippen molar-refractivity contribution in [2.75, 3.05) is 0 Å². The van der Waals surface area contributed by atoms with Gasteiger partial charge in [-0.25, -0.2) is 0 Å². The number of nitrogens with zero attached hydrogens (tertiary/aromatic N) is 2. The van der Waals surface area contributed by atoms with Gasteiger partial charge in [0, 0.05) is 18.8 Å². The summed E-state index contributed by atoms with van der Waals surface area (Å²) in [7, 11) is 1.79. The van der Waals surface area contributed by atoms with E-state index in [1.165, 1.54) is 0 Å². The van der Waals surface area contributed by atoms with Gasteiger partial charge in [-0.2, -0.15) is 5.10 Å². The summed E-state index contributed by atoms with van der Waals surface area (Å²) < 4.78 is 1.64. The molecule has 2 N–H and O–H groups in total. The number of hydrogen-bond donors (Lipinski definition) is 2. The lowest BCUT2D eigenvalue weighted by atomic mass is 9.98. The zero-order chi connectivity index (χ0) is 12.3. The molecule has 0 amide bonds. The lowest BCUT2D eigenvalue weighted by Crippen LogP contribution is -2.14. The van der Waals surface area contributed by atoms with Crippen molar-refractivity contribution in [2.45, 2.75) is 32.8 Å². The SMILES string of the molecule is CCc1nn(C)cc1C(O)CC(C)C(=O)O. The molecule has 0 radical (unpaired) electrons. The van der Waals surface area contributed by atoms with Crippen LogP contribution in [-0.2, 0) is 18.3 Å². The highest BCUT2D eigenvalue weighted by atomic mass is 16.4. The van der Waals surface area contributed by atoms with E-state index in [2.05, 4.69) is 5.10 Å². The van der Waals surface area contributed by atoms with Crippen molar-refractivity contribution in [3.05, 3.63) is 17.5 Å². The van der Waals surface area contributed by atoms with Crippen molar-refractivity contribution in [2.24, 2.45) is 13.0 Å². The molecule has 90 valence electrons. The van der Waals surface area contributed by atoms with Crippen molar-refractivity contribution in [3.63, 3.8) is 0 Å². The average molecular weight is 226 g/mol. The Bertz CT molecular complexity index is 373. The molecule has 0 saturated heterocycles. The van der Waals surface area contributed by atoms with E-state index in [0.29, 0.717) is 0 Å². The summed E-state index contributed by atoms with van der Waals surface area (Å²) in [6.45, 7) is 3.55. The van der Waals surface area contributed by atoms with Crippen LogP contribution in [0.4, 0.5) is 0 Å². The monoisotopic (exact) mass is 226 g/mol. The second-order valence-electron chi connectivity index (χ2n) is 4.05. The van der Waals surface area contributed by atoms with E-state index in [0.717, 1.165) is 17.7 Å². The largest absolute Gasteiger partial charge is 0.481 e. The molecule has 0 fully saturated rings. The zero-order valence-electron chi connectivity index (χ0n) is 9.84. The van der Waals surface area contributed by atoms with E-state index in [-0.39, 0.29) is 6.42 Å². The van der Waals surface area contributed by atoms with Crippen LogP contribution in [0.2, 0.25) is 0 Å². The Hall–Kier alpha value is -1.36. The molecular weight excluding hydrogens is 208 g/mol. The van der Waals surface area contributed by atoms with Gasteiger partial charge in [0.1, 0.15) is 0 Å². The van der Waals surface area contributed by atoms with Gasteiger partial charge >= 0.3 is 5.97 Å². The fourth-order valence-electron chi connectivity index (χ4n) is 1.67. The number of aryl methyl sites for hydroxylation is 2. The van der Waals surface area contributed by atoms with Gasteiger partial charge in [-0.1, -0.05) is 13.8 Å². The smallest absolute Gasteiger partial charge is 0.306 e. The van der Waals surface area contributed by atoms with E-state index in [4.69, 9.17) is 5.11 Å². The standard InChI is InChI=1S/C11H18N2O3/c1-4-9-8(6-13(3)12-9)10(14)5-7(2)11(15)16/h6-7,10,14H,4-5H2,1-3H3,(H,15,16). The van der Waals surface area contributed by atoms with Gasteiger partial charge < -0.3 is 10.2 Å².